The Hall–Kier alpha value is -1.16. The van der Waals surface area contributed by atoms with Crippen LogP contribution in [0.2, 0.25) is 0 Å². The Morgan fingerprint density at radius 1 is 0.920 bits per heavy atom. The van der Waals surface area contributed by atoms with Crippen molar-refractivity contribution in [2.75, 3.05) is 6.61 Å². The molecular formula is C21H38O4. The van der Waals surface area contributed by atoms with E-state index in [1.807, 2.05) is 6.08 Å². The highest BCUT2D eigenvalue weighted by molar-refractivity contribution is 5.89. The number of hydrogen-bond donors (Lipinski definition) is 1. The molecule has 0 saturated carbocycles. The second-order valence-corrected chi connectivity index (χ2v) is 6.85. The summed E-state index contributed by atoms with van der Waals surface area (Å²) >= 11 is 0. The topological polar surface area (TPSA) is 63.6 Å². The van der Waals surface area contributed by atoms with Crippen molar-refractivity contribution in [1.29, 1.82) is 0 Å². The highest BCUT2D eigenvalue weighted by Gasteiger charge is 2.09. The van der Waals surface area contributed by atoms with Gasteiger partial charge in [-0.25, -0.2) is 0 Å². The number of ketones is 1. The molecule has 0 saturated heterocycles. The molecule has 1 N–H and O–H groups in total. The van der Waals surface area contributed by atoms with Crippen LogP contribution in [0.5, 0.6) is 0 Å². The van der Waals surface area contributed by atoms with Gasteiger partial charge in [-0.2, -0.15) is 0 Å². The summed E-state index contributed by atoms with van der Waals surface area (Å²) < 4.78 is 4.66. The lowest BCUT2D eigenvalue weighted by molar-refractivity contribution is -0.144. The zero-order chi connectivity index (χ0) is 18.8. The van der Waals surface area contributed by atoms with Crippen LogP contribution in [0.15, 0.2) is 12.2 Å². The minimum Gasteiger partial charge on any atom is -0.463 e. The molecule has 146 valence electrons. The fourth-order valence-corrected chi connectivity index (χ4v) is 2.71. The first-order valence-corrected chi connectivity index (χ1v) is 10.1. The van der Waals surface area contributed by atoms with E-state index in [1.54, 1.807) is 0 Å². The smallest absolute Gasteiger partial charge is 0.302 e. The zero-order valence-electron chi connectivity index (χ0n) is 16.3. The summed E-state index contributed by atoms with van der Waals surface area (Å²) in [6, 6.07) is 0. The summed E-state index contributed by atoms with van der Waals surface area (Å²) in [5.74, 6) is -0.568. The van der Waals surface area contributed by atoms with Crippen LogP contribution in [0.3, 0.4) is 0 Å². The fourth-order valence-electron chi connectivity index (χ4n) is 2.71. The predicted octanol–water partition coefficient (Wildman–Crippen LogP) is 5.13. The Kier molecular flexibility index (Phi) is 16.8. The number of ether oxygens (including phenoxy) is 1. The number of esters is 1. The van der Waals surface area contributed by atoms with Crippen molar-refractivity contribution in [2.45, 2.75) is 103 Å². The third-order valence-corrected chi connectivity index (χ3v) is 4.19. The minimum absolute atomic E-state index is 0.00202. The maximum atomic E-state index is 11.6. The molecular weight excluding hydrogens is 316 g/mol. The highest BCUT2D eigenvalue weighted by Crippen LogP contribution is 2.12. The molecule has 0 rings (SSSR count). The van der Waals surface area contributed by atoms with Crippen molar-refractivity contribution in [3.63, 3.8) is 0 Å². The van der Waals surface area contributed by atoms with Gasteiger partial charge in [-0.3, -0.25) is 9.59 Å². The lowest BCUT2D eigenvalue weighted by Gasteiger charge is -2.07. The van der Waals surface area contributed by atoms with Crippen LogP contribution in [0, 0.1) is 0 Å². The number of rotatable bonds is 17. The number of carbonyl (C=O) groups excluding carboxylic acids is 2. The van der Waals surface area contributed by atoms with Crippen LogP contribution in [0.4, 0.5) is 0 Å². The summed E-state index contributed by atoms with van der Waals surface area (Å²) in [5, 5.41) is 9.54. The van der Waals surface area contributed by atoms with Gasteiger partial charge in [-0.15, -0.1) is 0 Å². The minimum atomic E-state index is -0.914. The van der Waals surface area contributed by atoms with Gasteiger partial charge in [0.2, 0.25) is 0 Å². The standard InChI is InChI=1S/C21H38O4/c1-3-4-5-6-7-8-9-10-11-12-13-14-15-16-20(23)17-21(24)18-25-19(2)22/h15-16,21,24H,3-14,17-18H2,1-2H3/b16-15+. The SMILES string of the molecule is CCCCCCCCCCCCC/C=C/C(=O)CC(O)COC(C)=O. The van der Waals surface area contributed by atoms with Crippen LogP contribution < -0.4 is 0 Å². The molecule has 0 heterocycles. The van der Waals surface area contributed by atoms with E-state index in [0.29, 0.717) is 0 Å². The molecule has 0 spiro atoms. The Balaban J connectivity index is 3.39. The molecule has 0 aliphatic heterocycles. The molecule has 0 fully saturated rings. The van der Waals surface area contributed by atoms with Gasteiger partial charge in [0, 0.05) is 13.3 Å². The number of unbranched alkanes of at least 4 members (excludes halogenated alkanes) is 11. The van der Waals surface area contributed by atoms with Crippen LogP contribution in [0.1, 0.15) is 97.3 Å². The monoisotopic (exact) mass is 354 g/mol. The van der Waals surface area contributed by atoms with Crippen molar-refractivity contribution in [2.24, 2.45) is 0 Å². The maximum Gasteiger partial charge on any atom is 0.302 e. The quantitative estimate of drug-likeness (QED) is 0.223. The first-order valence-electron chi connectivity index (χ1n) is 10.1. The number of aliphatic hydroxyl groups excluding tert-OH is 1. The summed E-state index contributed by atoms with van der Waals surface area (Å²) in [6.07, 6.45) is 17.9. The van der Waals surface area contributed by atoms with E-state index in [9.17, 15) is 14.7 Å². The first-order chi connectivity index (χ1) is 12.1. The number of hydrogen-bond acceptors (Lipinski definition) is 4. The molecule has 0 radical (unpaired) electrons. The number of allylic oxidation sites excluding steroid dienone is 2. The number of aliphatic hydroxyl groups is 1. The van der Waals surface area contributed by atoms with Gasteiger partial charge in [-0.05, 0) is 18.9 Å². The average Bonchev–Trinajstić information content (AvgIpc) is 2.57. The van der Waals surface area contributed by atoms with Crippen molar-refractivity contribution in [3.05, 3.63) is 12.2 Å². The van der Waals surface area contributed by atoms with Crippen molar-refractivity contribution in [1.82, 2.24) is 0 Å². The van der Waals surface area contributed by atoms with Crippen molar-refractivity contribution < 1.29 is 19.4 Å². The molecule has 0 aromatic carbocycles. The van der Waals surface area contributed by atoms with E-state index >= 15 is 0 Å². The molecule has 0 aliphatic rings. The molecule has 0 aromatic rings. The first kappa shape index (κ1) is 23.8. The average molecular weight is 355 g/mol. The van der Waals surface area contributed by atoms with Crippen molar-refractivity contribution in [3.8, 4) is 0 Å². The van der Waals surface area contributed by atoms with Crippen molar-refractivity contribution >= 4 is 11.8 Å². The maximum absolute atomic E-state index is 11.6. The zero-order valence-corrected chi connectivity index (χ0v) is 16.3. The molecule has 0 aromatic heterocycles. The van der Waals surface area contributed by atoms with E-state index in [1.165, 1.54) is 77.2 Å². The molecule has 1 atom stereocenters. The molecule has 4 nitrogen and oxygen atoms in total. The Bertz CT molecular complexity index is 363. The number of carbonyl (C=O) groups is 2. The van der Waals surface area contributed by atoms with Gasteiger partial charge < -0.3 is 9.84 Å². The summed E-state index contributed by atoms with van der Waals surface area (Å²) in [6.45, 7) is 3.41. The lowest BCUT2D eigenvalue weighted by atomic mass is 10.1. The van der Waals surface area contributed by atoms with E-state index < -0.39 is 12.1 Å². The molecule has 0 amide bonds. The van der Waals surface area contributed by atoms with E-state index in [-0.39, 0.29) is 18.8 Å². The third kappa shape index (κ3) is 19.0. The largest absolute Gasteiger partial charge is 0.463 e. The lowest BCUT2D eigenvalue weighted by Crippen LogP contribution is -2.20. The Labute approximate surface area is 154 Å². The van der Waals surface area contributed by atoms with Gasteiger partial charge in [0.25, 0.3) is 0 Å². The Morgan fingerprint density at radius 3 is 1.96 bits per heavy atom. The van der Waals surface area contributed by atoms with Gasteiger partial charge in [0.15, 0.2) is 5.78 Å². The van der Waals surface area contributed by atoms with Crippen LogP contribution in [-0.4, -0.2) is 29.6 Å². The van der Waals surface area contributed by atoms with Gasteiger partial charge in [0.1, 0.15) is 6.61 Å². The Morgan fingerprint density at radius 2 is 1.44 bits per heavy atom. The second-order valence-electron chi connectivity index (χ2n) is 6.85. The van der Waals surface area contributed by atoms with E-state index in [4.69, 9.17) is 0 Å². The van der Waals surface area contributed by atoms with Gasteiger partial charge >= 0.3 is 5.97 Å². The van der Waals surface area contributed by atoms with Crippen LogP contribution in [-0.2, 0) is 14.3 Å². The van der Waals surface area contributed by atoms with Crippen LogP contribution >= 0.6 is 0 Å². The van der Waals surface area contributed by atoms with Gasteiger partial charge in [0.05, 0.1) is 6.10 Å². The van der Waals surface area contributed by atoms with Crippen LogP contribution in [0.25, 0.3) is 0 Å². The highest BCUT2D eigenvalue weighted by atomic mass is 16.5. The van der Waals surface area contributed by atoms with E-state index in [0.717, 1.165) is 12.8 Å². The van der Waals surface area contributed by atoms with E-state index in [2.05, 4.69) is 11.7 Å². The summed E-state index contributed by atoms with van der Waals surface area (Å²) in [4.78, 5) is 22.2. The predicted molar refractivity (Wildman–Crippen MR) is 102 cm³/mol. The molecule has 0 aliphatic carbocycles. The molecule has 4 heteroatoms. The van der Waals surface area contributed by atoms with Gasteiger partial charge in [-0.1, -0.05) is 77.2 Å². The normalized spacial score (nSPS) is 12.4. The molecule has 0 bridgehead atoms. The summed E-state index contributed by atoms with van der Waals surface area (Å²) in [7, 11) is 0. The summed E-state index contributed by atoms with van der Waals surface area (Å²) in [5.41, 5.74) is 0. The molecule has 1 unspecified atom stereocenters. The fraction of sp³-hybridized carbons (Fsp3) is 0.810. The third-order valence-electron chi connectivity index (χ3n) is 4.19. The second kappa shape index (κ2) is 17.7. The molecule has 25 heavy (non-hydrogen) atoms.